The summed E-state index contributed by atoms with van der Waals surface area (Å²) in [5, 5.41) is 3.44. The molecule has 0 spiro atoms. The molecule has 2 nitrogen and oxygen atoms in total. The average Bonchev–Trinajstić information content (AvgIpc) is 2.46. The van der Waals surface area contributed by atoms with Gasteiger partial charge in [-0.15, -0.1) is 0 Å². The van der Waals surface area contributed by atoms with Crippen molar-refractivity contribution in [1.29, 1.82) is 0 Å². The molecule has 2 rings (SSSR count). The Bertz CT molecular complexity index is 226. The van der Waals surface area contributed by atoms with Crippen molar-refractivity contribution in [3.05, 3.63) is 0 Å². The second-order valence-corrected chi connectivity index (χ2v) is 5.04. The maximum Gasteiger partial charge on any atom is 0.401 e. The molecule has 0 radical (unpaired) electrons. The molecule has 1 atom stereocenters. The van der Waals surface area contributed by atoms with Gasteiger partial charge in [-0.25, -0.2) is 0 Å². The van der Waals surface area contributed by atoms with E-state index in [-0.39, 0.29) is 0 Å². The highest BCUT2D eigenvalue weighted by atomic mass is 19.4. The van der Waals surface area contributed by atoms with Crippen LogP contribution in [0, 0.1) is 5.92 Å². The van der Waals surface area contributed by atoms with Gasteiger partial charge in [-0.2, -0.15) is 13.2 Å². The van der Waals surface area contributed by atoms with E-state index >= 15 is 0 Å². The minimum Gasteiger partial charge on any atom is -0.314 e. The number of nitrogens with zero attached hydrogens (tertiary/aromatic N) is 1. The van der Waals surface area contributed by atoms with Crippen molar-refractivity contribution >= 4 is 0 Å². The summed E-state index contributed by atoms with van der Waals surface area (Å²) in [5.74, 6) is 0.406. The summed E-state index contributed by atoms with van der Waals surface area (Å²) in [6.45, 7) is 1.34. The number of rotatable bonds is 4. The highest BCUT2D eigenvalue weighted by molar-refractivity contribution is 4.82. The second-order valence-electron chi connectivity index (χ2n) is 5.04. The highest BCUT2D eigenvalue weighted by Gasteiger charge is 2.34. The van der Waals surface area contributed by atoms with Crippen LogP contribution in [0.2, 0.25) is 0 Å². The van der Waals surface area contributed by atoms with E-state index in [9.17, 15) is 13.2 Å². The molecular formula is C11H19F3N2. The van der Waals surface area contributed by atoms with Gasteiger partial charge in [-0.3, -0.25) is 4.90 Å². The normalized spacial score (nSPS) is 28.3. The fraction of sp³-hybridized carbons (Fsp3) is 1.00. The number of hydrogen-bond donors (Lipinski definition) is 1. The topological polar surface area (TPSA) is 15.3 Å². The van der Waals surface area contributed by atoms with Crippen molar-refractivity contribution in [3.63, 3.8) is 0 Å². The van der Waals surface area contributed by atoms with Crippen LogP contribution in [0.5, 0.6) is 0 Å². The molecule has 1 aliphatic heterocycles. The van der Waals surface area contributed by atoms with Crippen molar-refractivity contribution in [1.82, 2.24) is 10.2 Å². The molecule has 0 aromatic rings. The maximum atomic E-state index is 12.2. The molecule has 0 amide bonds. The van der Waals surface area contributed by atoms with Crippen molar-refractivity contribution < 1.29 is 13.2 Å². The molecule has 1 aliphatic carbocycles. The predicted molar refractivity (Wildman–Crippen MR) is 56.2 cm³/mol. The molecule has 2 aliphatic rings. The summed E-state index contributed by atoms with van der Waals surface area (Å²) >= 11 is 0. The average molecular weight is 236 g/mol. The van der Waals surface area contributed by atoms with E-state index in [0.717, 1.165) is 13.0 Å². The Morgan fingerprint density at radius 1 is 1.19 bits per heavy atom. The third-order valence-electron chi connectivity index (χ3n) is 3.57. The Labute approximate surface area is 94.2 Å². The minimum absolute atomic E-state index is 0.406. The van der Waals surface area contributed by atoms with E-state index in [2.05, 4.69) is 5.32 Å². The van der Waals surface area contributed by atoms with Crippen LogP contribution in [-0.4, -0.2) is 43.3 Å². The Balaban J connectivity index is 1.63. The smallest absolute Gasteiger partial charge is 0.314 e. The lowest BCUT2D eigenvalue weighted by molar-refractivity contribution is -0.143. The van der Waals surface area contributed by atoms with Gasteiger partial charge in [0.05, 0.1) is 6.54 Å². The van der Waals surface area contributed by atoms with Crippen molar-refractivity contribution in [3.8, 4) is 0 Å². The first-order valence-electron chi connectivity index (χ1n) is 6.05. The van der Waals surface area contributed by atoms with Gasteiger partial charge in [0.1, 0.15) is 0 Å². The molecule has 1 saturated carbocycles. The van der Waals surface area contributed by atoms with Gasteiger partial charge in [0, 0.05) is 12.6 Å². The monoisotopic (exact) mass is 236 g/mol. The summed E-state index contributed by atoms with van der Waals surface area (Å²) in [7, 11) is 0. The number of alkyl halides is 3. The molecule has 0 aromatic carbocycles. The Kier molecular flexibility index (Phi) is 3.74. The first kappa shape index (κ1) is 12.2. The van der Waals surface area contributed by atoms with Crippen molar-refractivity contribution in [2.45, 2.75) is 37.9 Å². The molecule has 16 heavy (non-hydrogen) atoms. The molecule has 0 bridgehead atoms. The molecular weight excluding hydrogens is 217 g/mol. The Morgan fingerprint density at radius 2 is 1.94 bits per heavy atom. The van der Waals surface area contributed by atoms with Gasteiger partial charge in [0.2, 0.25) is 0 Å². The van der Waals surface area contributed by atoms with Crippen LogP contribution in [0.3, 0.4) is 0 Å². The molecule has 94 valence electrons. The van der Waals surface area contributed by atoms with E-state index in [1.165, 1.54) is 24.2 Å². The van der Waals surface area contributed by atoms with Gasteiger partial charge in [0.25, 0.3) is 0 Å². The lowest BCUT2D eigenvalue weighted by Crippen LogP contribution is -2.39. The fourth-order valence-corrected chi connectivity index (χ4v) is 2.42. The molecule has 5 heteroatoms. The quantitative estimate of drug-likeness (QED) is 0.803. The van der Waals surface area contributed by atoms with Crippen LogP contribution in [0.4, 0.5) is 13.2 Å². The standard InChI is InChI=1S/C11H19F3N2/c12-11(13,14)8-16-5-4-9(7-16)6-15-10-2-1-3-10/h9-10,15H,1-8H2. The van der Waals surface area contributed by atoms with E-state index in [4.69, 9.17) is 0 Å². The van der Waals surface area contributed by atoms with Crippen LogP contribution in [0.1, 0.15) is 25.7 Å². The van der Waals surface area contributed by atoms with Gasteiger partial charge in [-0.05, 0) is 38.3 Å². The zero-order valence-corrected chi connectivity index (χ0v) is 9.39. The van der Waals surface area contributed by atoms with Gasteiger partial charge in [-0.1, -0.05) is 6.42 Å². The van der Waals surface area contributed by atoms with Crippen molar-refractivity contribution in [2.24, 2.45) is 5.92 Å². The first-order valence-corrected chi connectivity index (χ1v) is 6.05. The first-order chi connectivity index (χ1) is 7.53. The number of nitrogens with one attached hydrogen (secondary N) is 1. The van der Waals surface area contributed by atoms with Gasteiger partial charge >= 0.3 is 6.18 Å². The van der Waals surface area contributed by atoms with Crippen LogP contribution >= 0.6 is 0 Å². The van der Waals surface area contributed by atoms with E-state index in [0.29, 0.717) is 25.0 Å². The van der Waals surface area contributed by atoms with Crippen LogP contribution in [0.25, 0.3) is 0 Å². The molecule has 1 saturated heterocycles. The highest BCUT2D eigenvalue weighted by Crippen LogP contribution is 2.23. The summed E-state index contributed by atoms with van der Waals surface area (Å²) < 4.78 is 36.5. The fourth-order valence-electron chi connectivity index (χ4n) is 2.42. The minimum atomic E-state index is -4.05. The van der Waals surface area contributed by atoms with Crippen LogP contribution < -0.4 is 5.32 Å². The summed E-state index contributed by atoms with van der Waals surface area (Å²) in [4.78, 5) is 1.52. The number of halogens is 3. The van der Waals surface area contributed by atoms with Gasteiger partial charge in [0.15, 0.2) is 0 Å². The third-order valence-corrected chi connectivity index (χ3v) is 3.57. The SMILES string of the molecule is FC(F)(F)CN1CCC(CNC2CCC2)C1. The summed E-state index contributed by atoms with van der Waals surface area (Å²) in [5.41, 5.74) is 0. The zero-order chi connectivity index (χ0) is 11.6. The molecule has 2 fully saturated rings. The van der Waals surface area contributed by atoms with E-state index < -0.39 is 12.7 Å². The maximum absolute atomic E-state index is 12.2. The predicted octanol–water partition coefficient (Wildman–Crippen LogP) is 2.01. The Morgan fingerprint density at radius 3 is 2.50 bits per heavy atom. The molecule has 0 aromatic heterocycles. The molecule has 1 N–H and O–H groups in total. The van der Waals surface area contributed by atoms with E-state index in [1.807, 2.05) is 0 Å². The summed E-state index contributed by atoms with van der Waals surface area (Å²) in [6.07, 6.45) is 0.618. The number of hydrogen-bond acceptors (Lipinski definition) is 2. The third kappa shape index (κ3) is 3.63. The number of likely N-dealkylation sites (tertiary alicyclic amines) is 1. The largest absolute Gasteiger partial charge is 0.401 e. The van der Waals surface area contributed by atoms with Gasteiger partial charge < -0.3 is 5.32 Å². The Hall–Kier alpha value is -0.290. The van der Waals surface area contributed by atoms with E-state index in [1.54, 1.807) is 0 Å². The zero-order valence-electron chi connectivity index (χ0n) is 9.39. The second kappa shape index (κ2) is 4.92. The van der Waals surface area contributed by atoms with Crippen LogP contribution in [-0.2, 0) is 0 Å². The van der Waals surface area contributed by atoms with Crippen molar-refractivity contribution in [2.75, 3.05) is 26.2 Å². The van der Waals surface area contributed by atoms with Crippen LogP contribution in [0.15, 0.2) is 0 Å². The lowest BCUT2D eigenvalue weighted by atomic mass is 9.92. The molecule has 1 heterocycles. The lowest BCUT2D eigenvalue weighted by Gasteiger charge is -2.28. The molecule has 1 unspecified atom stereocenters. The summed E-state index contributed by atoms with van der Waals surface area (Å²) in [6, 6.07) is 0.636.